The number of nitrogens with zero attached hydrogens (tertiary/aromatic N) is 2. The average molecular weight is 185 g/mol. The Morgan fingerprint density at radius 1 is 1.62 bits per heavy atom. The van der Waals surface area contributed by atoms with E-state index >= 15 is 0 Å². The molecule has 1 aliphatic rings. The van der Waals surface area contributed by atoms with E-state index in [1.54, 1.807) is 0 Å². The maximum atomic E-state index is 10.5. The van der Waals surface area contributed by atoms with Gasteiger partial charge in [-0.15, -0.1) is 0 Å². The Morgan fingerprint density at radius 2 is 2.31 bits per heavy atom. The maximum Gasteiger partial charge on any atom is 0.303 e. The molecular weight excluding hydrogens is 170 g/mol. The summed E-state index contributed by atoms with van der Waals surface area (Å²) >= 11 is 0. The van der Waals surface area contributed by atoms with Crippen molar-refractivity contribution >= 4 is 5.97 Å². The fourth-order valence-electron chi connectivity index (χ4n) is 1.46. The lowest BCUT2D eigenvalue weighted by molar-refractivity contribution is -0.138. The van der Waals surface area contributed by atoms with Crippen LogP contribution in [0.1, 0.15) is 25.7 Å². The average Bonchev–Trinajstić information content (AvgIpc) is 2.83. The van der Waals surface area contributed by atoms with Gasteiger partial charge in [-0.05, 0) is 18.3 Å². The van der Waals surface area contributed by atoms with Gasteiger partial charge in [-0.2, -0.15) is 5.11 Å². The molecule has 0 saturated heterocycles. The molecule has 74 valence electrons. The quantitative estimate of drug-likeness (QED) is 0.370. The second-order valence-electron chi connectivity index (χ2n) is 3.58. The van der Waals surface area contributed by atoms with Crippen LogP contribution >= 0.6 is 0 Å². The smallest absolute Gasteiger partial charge is 0.303 e. The number of carboxylic acids is 1. The highest BCUT2D eigenvalue weighted by Crippen LogP contribution is 2.36. The summed E-state index contributed by atoms with van der Waals surface area (Å²) in [5, 5.41) is 15.4. The predicted octanol–water partition coefficient (Wildman–Crippen LogP) is 1.20. The molecule has 1 rings (SSSR count). The summed E-state index contributed by atoms with van der Waals surface area (Å²) < 4.78 is 0. The van der Waals surface area contributed by atoms with Crippen LogP contribution in [0.15, 0.2) is 10.3 Å². The minimum atomic E-state index is -0.766. The molecule has 1 saturated carbocycles. The van der Waals surface area contributed by atoms with Gasteiger partial charge in [-0.1, -0.05) is 18.1 Å². The first-order chi connectivity index (χ1) is 6.22. The van der Waals surface area contributed by atoms with Crippen LogP contribution in [0.3, 0.4) is 0 Å². The lowest BCUT2D eigenvalue weighted by Gasteiger charge is -2.09. The van der Waals surface area contributed by atoms with Crippen molar-refractivity contribution in [2.45, 2.75) is 25.7 Å². The molecule has 3 N–H and O–H groups in total. The van der Waals surface area contributed by atoms with E-state index in [-0.39, 0.29) is 12.3 Å². The topological polar surface area (TPSA) is 88.0 Å². The van der Waals surface area contributed by atoms with Crippen molar-refractivity contribution in [1.82, 2.24) is 0 Å². The second-order valence-corrected chi connectivity index (χ2v) is 3.58. The molecule has 0 aliphatic heterocycles. The molecule has 5 nitrogen and oxygen atoms in total. The first-order valence-electron chi connectivity index (χ1n) is 4.51. The van der Waals surface area contributed by atoms with Crippen LogP contribution in [0.5, 0.6) is 0 Å². The summed E-state index contributed by atoms with van der Waals surface area (Å²) in [5.74, 6) is 4.93. The molecule has 0 spiro atoms. The van der Waals surface area contributed by atoms with E-state index < -0.39 is 5.97 Å². The van der Waals surface area contributed by atoms with Gasteiger partial charge < -0.3 is 10.9 Å². The van der Waals surface area contributed by atoms with E-state index in [1.807, 2.05) is 0 Å². The van der Waals surface area contributed by atoms with Gasteiger partial charge in [0.2, 0.25) is 0 Å². The molecular formula is C8H15N3O2. The standard InChI is InChI=1S/C8H15N3O2/c9-11-10-5-7(4-8(12)13)3-6-1-2-6/h6-7H,1-5H2,(H2,9,10)(H,12,13). The van der Waals surface area contributed by atoms with Gasteiger partial charge in [0.25, 0.3) is 0 Å². The Balaban J connectivity index is 2.27. The monoisotopic (exact) mass is 185 g/mol. The highest BCUT2D eigenvalue weighted by Gasteiger charge is 2.26. The van der Waals surface area contributed by atoms with Gasteiger partial charge >= 0.3 is 5.97 Å². The number of hydrogen-bond donors (Lipinski definition) is 2. The van der Waals surface area contributed by atoms with Crippen molar-refractivity contribution in [1.29, 1.82) is 0 Å². The number of carbonyl (C=O) groups is 1. The third-order valence-electron chi connectivity index (χ3n) is 2.25. The molecule has 13 heavy (non-hydrogen) atoms. The summed E-state index contributed by atoms with van der Waals surface area (Å²) in [5.41, 5.74) is 0. The summed E-state index contributed by atoms with van der Waals surface area (Å²) in [6, 6.07) is 0. The highest BCUT2D eigenvalue weighted by atomic mass is 16.4. The van der Waals surface area contributed by atoms with Crippen LogP contribution < -0.4 is 5.84 Å². The van der Waals surface area contributed by atoms with Gasteiger partial charge in [0, 0.05) is 6.42 Å². The van der Waals surface area contributed by atoms with Gasteiger partial charge in [-0.25, -0.2) is 0 Å². The number of carboxylic acid groups (broad SMARTS) is 1. The van der Waals surface area contributed by atoms with Crippen molar-refractivity contribution < 1.29 is 9.90 Å². The molecule has 1 fully saturated rings. The molecule has 0 aromatic rings. The Bertz CT molecular complexity index is 202. The van der Waals surface area contributed by atoms with Crippen LogP contribution in [-0.4, -0.2) is 17.6 Å². The molecule has 0 bridgehead atoms. The molecule has 0 aromatic carbocycles. The number of hydrogen-bond acceptors (Lipinski definition) is 3. The Labute approximate surface area is 77.0 Å². The highest BCUT2D eigenvalue weighted by molar-refractivity contribution is 5.67. The SMILES string of the molecule is NN=NCC(CC(=O)O)CC1CC1. The number of aliphatic carboxylic acids is 1. The third kappa shape index (κ3) is 4.45. The normalized spacial score (nSPS) is 19.1. The van der Waals surface area contributed by atoms with Crippen LogP contribution in [-0.2, 0) is 4.79 Å². The predicted molar refractivity (Wildman–Crippen MR) is 47.0 cm³/mol. The molecule has 1 aliphatic carbocycles. The lowest BCUT2D eigenvalue weighted by Crippen LogP contribution is -2.11. The number of rotatable bonds is 6. The van der Waals surface area contributed by atoms with E-state index in [0.29, 0.717) is 6.54 Å². The fourth-order valence-corrected chi connectivity index (χ4v) is 1.46. The molecule has 1 atom stereocenters. The van der Waals surface area contributed by atoms with E-state index in [2.05, 4.69) is 10.3 Å². The van der Waals surface area contributed by atoms with Crippen LogP contribution in [0.2, 0.25) is 0 Å². The lowest BCUT2D eigenvalue weighted by atomic mass is 9.99. The van der Waals surface area contributed by atoms with Gasteiger partial charge in [0.05, 0.1) is 6.54 Å². The van der Waals surface area contributed by atoms with Crippen LogP contribution in [0.4, 0.5) is 0 Å². The fraction of sp³-hybridized carbons (Fsp3) is 0.875. The van der Waals surface area contributed by atoms with E-state index in [4.69, 9.17) is 10.9 Å². The second kappa shape index (κ2) is 4.79. The molecule has 1 unspecified atom stereocenters. The molecule has 0 radical (unpaired) electrons. The van der Waals surface area contributed by atoms with Gasteiger partial charge in [0.1, 0.15) is 0 Å². The molecule has 5 heteroatoms. The Morgan fingerprint density at radius 3 is 2.77 bits per heavy atom. The van der Waals surface area contributed by atoms with Gasteiger partial charge in [-0.3, -0.25) is 4.79 Å². The summed E-state index contributed by atoms with van der Waals surface area (Å²) in [6.07, 6.45) is 3.59. The zero-order valence-electron chi connectivity index (χ0n) is 7.52. The zero-order valence-corrected chi connectivity index (χ0v) is 7.52. The number of nitrogens with two attached hydrogens (primary N) is 1. The summed E-state index contributed by atoms with van der Waals surface area (Å²) in [4.78, 5) is 10.5. The minimum absolute atomic E-state index is 0.109. The van der Waals surface area contributed by atoms with Crippen molar-refractivity contribution in [3.05, 3.63) is 0 Å². The summed E-state index contributed by atoms with van der Waals surface area (Å²) in [6.45, 7) is 0.444. The molecule has 0 heterocycles. The minimum Gasteiger partial charge on any atom is -0.481 e. The molecule has 0 aromatic heterocycles. The first-order valence-corrected chi connectivity index (χ1v) is 4.51. The van der Waals surface area contributed by atoms with Crippen molar-refractivity contribution in [3.8, 4) is 0 Å². The van der Waals surface area contributed by atoms with Crippen molar-refractivity contribution in [2.75, 3.05) is 6.54 Å². The van der Waals surface area contributed by atoms with Gasteiger partial charge in [0.15, 0.2) is 0 Å². The van der Waals surface area contributed by atoms with Crippen LogP contribution in [0.25, 0.3) is 0 Å². The first kappa shape index (κ1) is 9.95. The zero-order chi connectivity index (χ0) is 9.68. The third-order valence-corrected chi connectivity index (χ3v) is 2.25. The largest absolute Gasteiger partial charge is 0.481 e. The maximum absolute atomic E-state index is 10.5. The van der Waals surface area contributed by atoms with E-state index in [0.717, 1.165) is 12.3 Å². The molecule has 0 amide bonds. The van der Waals surface area contributed by atoms with Crippen LogP contribution in [0, 0.1) is 11.8 Å². The Hall–Kier alpha value is -1.13. The Kier molecular flexibility index (Phi) is 3.67. The summed E-state index contributed by atoms with van der Waals surface area (Å²) in [7, 11) is 0. The van der Waals surface area contributed by atoms with Crippen molar-refractivity contribution in [3.63, 3.8) is 0 Å². The van der Waals surface area contributed by atoms with E-state index in [1.165, 1.54) is 12.8 Å². The van der Waals surface area contributed by atoms with Crippen molar-refractivity contribution in [2.24, 2.45) is 28.0 Å². The van der Waals surface area contributed by atoms with E-state index in [9.17, 15) is 4.79 Å².